The van der Waals surface area contributed by atoms with Gasteiger partial charge in [0.2, 0.25) is 0 Å². The van der Waals surface area contributed by atoms with E-state index in [0.717, 1.165) is 0 Å². The van der Waals surface area contributed by atoms with Gasteiger partial charge in [0.15, 0.2) is 18.1 Å². The Morgan fingerprint density at radius 3 is 2.60 bits per heavy atom. The second kappa shape index (κ2) is 12.6. The van der Waals surface area contributed by atoms with Crippen LogP contribution in [0.2, 0.25) is 5.02 Å². The van der Waals surface area contributed by atoms with Crippen LogP contribution in [-0.2, 0) is 20.9 Å². The van der Waals surface area contributed by atoms with E-state index in [1.54, 1.807) is 48.5 Å². The highest BCUT2D eigenvalue weighted by Gasteiger charge is 2.15. The Balaban J connectivity index is 1.54. The molecule has 1 aromatic heterocycles. The molecule has 12 heteroatoms. The maximum atomic E-state index is 12.2. The van der Waals surface area contributed by atoms with Gasteiger partial charge in [-0.3, -0.25) is 14.4 Å². The highest BCUT2D eigenvalue weighted by molar-refractivity contribution is 9.10. The Kier molecular flexibility index (Phi) is 9.27. The average Bonchev–Trinajstić information content (AvgIpc) is 3.36. The van der Waals surface area contributed by atoms with Gasteiger partial charge in [-0.05, 0) is 70.0 Å². The fourth-order valence-electron chi connectivity index (χ4n) is 2.70. The first-order valence-corrected chi connectivity index (χ1v) is 11.2. The van der Waals surface area contributed by atoms with Crippen molar-refractivity contribution in [1.82, 2.24) is 10.7 Å². The first-order valence-electron chi connectivity index (χ1n) is 10.0. The van der Waals surface area contributed by atoms with Crippen LogP contribution in [0.5, 0.6) is 11.5 Å². The molecule has 1 heterocycles. The molecule has 10 nitrogen and oxygen atoms in total. The summed E-state index contributed by atoms with van der Waals surface area (Å²) in [5.74, 6) is -1.04. The number of furan rings is 1. The molecule has 0 saturated heterocycles. The van der Waals surface area contributed by atoms with E-state index in [1.807, 2.05) is 0 Å². The molecule has 3 amide bonds. The number of amides is 3. The lowest BCUT2D eigenvalue weighted by molar-refractivity contribution is -0.139. The van der Waals surface area contributed by atoms with Crippen LogP contribution in [0.4, 0.5) is 5.69 Å². The minimum Gasteiger partial charge on any atom is -0.493 e. The van der Waals surface area contributed by atoms with Crippen LogP contribution in [-0.4, -0.2) is 37.7 Å². The lowest BCUT2D eigenvalue weighted by atomic mass is 10.2. The van der Waals surface area contributed by atoms with E-state index in [4.69, 9.17) is 25.5 Å². The minimum atomic E-state index is -0.939. The van der Waals surface area contributed by atoms with Gasteiger partial charge >= 0.3 is 11.8 Å². The monoisotopic (exact) mass is 562 g/mol. The van der Waals surface area contributed by atoms with Crippen molar-refractivity contribution in [3.8, 4) is 11.5 Å². The molecule has 2 aromatic carbocycles. The smallest absolute Gasteiger partial charge is 0.329 e. The van der Waals surface area contributed by atoms with Gasteiger partial charge in [-0.25, -0.2) is 5.43 Å². The Morgan fingerprint density at radius 2 is 1.91 bits per heavy atom. The van der Waals surface area contributed by atoms with E-state index < -0.39 is 11.8 Å². The molecular weight excluding hydrogens is 544 g/mol. The quantitative estimate of drug-likeness (QED) is 0.208. The normalized spacial score (nSPS) is 10.6. The third-order valence-electron chi connectivity index (χ3n) is 4.32. The van der Waals surface area contributed by atoms with Gasteiger partial charge in [0.25, 0.3) is 5.91 Å². The molecule has 0 atom stereocenters. The fourth-order valence-corrected chi connectivity index (χ4v) is 3.40. The third-order valence-corrected chi connectivity index (χ3v) is 5.16. The van der Waals surface area contributed by atoms with Crippen molar-refractivity contribution >= 4 is 57.2 Å². The molecule has 3 N–H and O–H groups in total. The molecule has 0 saturated carbocycles. The standard InChI is InChI=1S/C23H20BrClN4O6/c1-33-19-10-14(11-27-29-23(32)22(31)26-12-17-3-2-8-34-17)9-18(24)21(19)35-13-20(30)28-16-6-4-15(25)5-7-16/h2-11H,12-13H2,1H3,(H,26,31)(H,28,30)(H,29,32)/b27-11-. The lowest BCUT2D eigenvalue weighted by Gasteiger charge is -2.13. The number of rotatable bonds is 9. The molecule has 35 heavy (non-hydrogen) atoms. The van der Waals surface area contributed by atoms with E-state index in [2.05, 4.69) is 37.1 Å². The molecule has 0 aliphatic heterocycles. The predicted molar refractivity (Wildman–Crippen MR) is 133 cm³/mol. The van der Waals surface area contributed by atoms with Gasteiger partial charge in [-0.15, -0.1) is 0 Å². The Bertz CT molecular complexity index is 1220. The number of anilines is 1. The number of carbonyl (C=O) groups is 3. The maximum Gasteiger partial charge on any atom is 0.329 e. The second-order valence-electron chi connectivity index (χ2n) is 6.84. The number of hydrogen-bond donors (Lipinski definition) is 3. The summed E-state index contributed by atoms with van der Waals surface area (Å²) >= 11 is 9.21. The molecule has 0 fully saturated rings. The number of methoxy groups -OCH3 is 1. The van der Waals surface area contributed by atoms with E-state index in [0.29, 0.717) is 38.0 Å². The average molecular weight is 564 g/mol. The van der Waals surface area contributed by atoms with Crippen LogP contribution in [0.25, 0.3) is 0 Å². The van der Waals surface area contributed by atoms with Gasteiger partial charge in [0.05, 0.1) is 30.6 Å². The first-order chi connectivity index (χ1) is 16.9. The SMILES string of the molecule is COc1cc(/C=N\NC(=O)C(=O)NCc2ccco2)cc(Br)c1OCC(=O)Nc1ccc(Cl)cc1. The number of nitrogens with zero attached hydrogens (tertiary/aromatic N) is 1. The summed E-state index contributed by atoms with van der Waals surface area (Å²) < 4.78 is 16.5. The molecule has 0 aliphatic rings. The number of carbonyl (C=O) groups excluding carboxylic acids is 3. The number of nitrogens with one attached hydrogen (secondary N) is 3. The molecule has 0 aliphatic carbocycles. The zero-order chi connectivity index (χ0) is 25.2. The van der Waals surface area contributed by atoms with Crippen LogP contribution in [0, 0.1) is 0 Å². The van der Waals surface area contributed by atoms with Crippen molar-refractivity contribution in [3.05, 3.63) is 75.6 Å². The molecular formula is C23H20BrClN4O6. The van der Waals surface area contributed by atoms with Crippen molar-refractivity contribution in [2.75, 3.05) is 19.0 Å². The largest absolute Gasteiger partial charge is 0.493 e. The Morgan fingerprint density at radius 1 is 1.14 bits per heavy atom. The van der Waals surface area contributed by atoms with Gasteiger partial charge in [0.1, 0.15) is 5.76 Å². The third kappa shape index (κ3) is 7.87. The highest BCUT2D eigenvalue weighted by Crippen LogP contribution is 2.36. The molecule has 3 aromatic rings. The van der Waals surface area contributed by atoms with Crippen LogP contribution in [0.1, 0.15) is 11.3 Å². The summed E-state index contributed by atoms with van der Waals surface area (Å²) in [7, 11) is 1.44. The fraction of sp³-hybridized carbons (Fsp3) is 0.130. The van der Waals surface area contributed by atoms with Crippen LogP contribution in [0.3, 0.4) is 0 Å². The first kappa shape index (κ1) is 25.8. The van der Waals surface area contributed by atoms with Crippen LogP contribution in [0.15, 0.2) is 68.8 Å². The van der Waals surface area contributed by atoms with Crippen LogP contribution < -0.4 is 25.5 Å². The summed E-state index contributed by atoms with van der Waals surface area (Å²) in [5.41, 5.74) is 3.25. The Labute approximate surface area is 213 Å². The predicted octanol–water partition coefficient (Wildman–Crippen LogP) is 3.49. The molecule has 0 radical (unpaired) electrons. The van der Waals surface area contributed by atoms with E-state index in [9.17, 15) is 14.4 Å². The van der Waals surface area contributed by atoms with Gasteiger partial charge in [-0.2, -0.15) is 5.10 Å². The second-order valence-corrected chi connectivity index (χ2v) is 8.13. The van der Waals surface area contributed by atoms with Crippen molar-refractivity contribution in [3.63, 3.8) is 0 Å². The van der Waals surface area contributed by atoms with Gasteiger partial charge in [0, 0.05) is 10.7 Å². The van der Waals surface area contributed by atoms with Crippen molar-refractivity contribution in [1.29, 1.82) is 0 Å². The summed E-state index contributed by atoms with van der Waals surface area (Å²) in [6.07, 6.45) is 2.78. The summed E-state index contributed by atoms with van der Waals surface area (Å²) in [5, 5.41) is 9.44. The van der Waals surface area contributed by atoms with Crippen molar-refractivity contribution in [2.45, 2.75) is 6.54 Å². The molecule has 0 bridgehead atoms. The highest BCUT2D eigenvalue weighted by atomic mass is 79.9. The topological polar surface area (TPSA) is 131 Å². The minimum absolute atomic E-state index is 0.0757. The van der Waals surface area contributed by atoms with Gasteiger partial charge < -0.3 is 24.5 Å². The Hall–Kier alpha value is -3.83. The maximum absolute atomic E-state index is 12.2. The zero-order valence-electron chi connectivity index (χ0n) is 18.3. The zero-order valence-corrected chi connectivity index (χ0v) is 20.7. The van der Waals surface area contributed by atoms with E-state index in [1.165, 1.54) is 19.6 Å². The summed E-state index contributed by atoms with van der Waals surface area (Å²) in [6, 6.07) is 13.2. The summed E-state index contributed by atoms with van der Waals surface area (Å²) in [4.78, 5) is 35.9. The number of benzene rings is 2. The van der Waals surface area contributed by atoms with E-state index in [-0.39, 0.29) is 19.1 Å². The van der Waals surface area contributed by atoms with E-state index >= 15 is 0 Å². The molecule has 3 rings (SSSR count). The lowest BCUT2D eigenvalue weighted by Crippen LogP contribution is -2.37. The van der Waals surface area contributed by atoms with Crippen LogP contribution >= 0.6 is 27.5 Å². The summed E-state index contributed by atoms with van der Waals surface area (Å²) in [6.45, 7) is -0.194. The molecule has 182 valence electrons. The van der Waals surface area contributed by atoms with Crippen molar-refractivity contribution in [2.24, 2.45) is 5.10 Å². The van der Waals surface area contributed by atoms with Gasteiger partial charge in [-0.1, -0.05) is 11.6 Å². The van der Waals surface area contributed by atoms with Crippen molar-refractivity contribution < 1.29 is 28.3 Å². The molecule has 0 unspecified atom stereocenters. The number of ether oxygens (including phenoxy) is 2. The number of hydrazone groups is 1. The number of halogens is 2. The molecule has 0 spiro atoms. The number of hydrogen-bond acceptors (Lipinski definition) is 7.